The molecule has 2 N–H and O–H groups in total. The first kappa shape index (κ1) is 11.4. The number of H-pyrrole nitrogens is 1. The highest BCUT2D eigenvalue weighted by Gasteiger charge is 2.03. The Morgan fingerprint density at radius 1 is 1.29 bits per heavy atom. The quantitative estimate of drug-likeness (QED) is 0.839. The third-order valence-corrected chi connectivity index (χ3v) is 2.50. The summed E-state index contributed by atoms with van der Waals surface area (Å²) in [6.07, 6.45) is 2.15. The Morgan fingerprint density at radius 3 is 2.65 bits per heavy atom. The number of nitrogens with one attached hydrogen (secondary N) is 2. The van der Waals surface area contributed by atoms with Gasteiger partial charge in [-0.05, 0) is 24.1 Å². The molecule has 4 nitrogen and oxygen atoms in total. The molecule has 2 aromatic rings. The lowest BCUT2D eigenvalue weighted by atomic mass is 10.1. The third kappa shape index (κ3) is 2.93. The molecule has 0 aliphatic heterocycles. The maximum atomic E-state index is 11.4. The summed E-state index contributed by atoms with van der Waals surface area (Å²) in [4.78, 5) is 11.4. The fourth-order valence-electron chi connectivity index (χ4n) is 1.66. The van der Waals surface area contributed by atoms with Crippen molar-refractivity contribution in [1.82, 2.24) is 15.5 Å². The zero-order valence-electron chi connectivity index (χ0n) is 9.73. The average Bonchev–Trinajstić information content (AvgIpc) is 2.84. The van der Waals surface area contributed by atoms with E-state index in [9.17, 15) is 4.79 Å². The highest BCUT2D eigenvalue weighted by atomic mass is 16.1. The van der Waals surface area contributed by atoms with Gasteiger partial charge in [0.05, 0.1) is 12.1 Å². The molecule has 0 fully saturated rings. The van der Waals surface area contributed by atoms with Crippen LogP contribution in [-0.4, -0.2) is 22.6 Å². The molecule has 1 heterocycles. The van der Waals surface area contributed by atoms with Crippen LogP contribution in [0.15, 0.2) is 36.5 Å². The first-order valence-electron chi connectivity index (χ1n) is 5.65. The van der Waals surface area contributed by atoms with Crippen molar-refractivity contribution in [2.24, 2.45) is 0 Å². The number of aromatic amines is 1. The minimum atomic E-state index is 0.0572. The molecule has 0 saturated heterocycles. The van der Waals surface area contributed by atoms with Crippen molar-refractivity contribution in [2.45, 2.75) is 13.3 Å². The first-order chi connectivity index (χ1) is 8.29. The number of hydrogen-bond acceptors (Lipinski definition) is 2. The lowest BCUT2D eigenvalue weighted by molar-refractivity contribution is -0.120. The van der Waals surface area contributed by atoms with Gasteiger partial charge in [-0.1, -0.05) is 24.3 Å². The van der Waals surface area contributed by atoms with Crippen molar-refractivity contribution in [3.8, 4) is 11.3 Å². The summed E-state index contributed by atoms with van der Waals surface area (Å²) in [5.74, 6) is 0.0572. The average molecular weight is 229 g/mol. The molecular formula is C13H15N3O. The predicted octanol–water partition coefficient (Wildman–Crippen LogP) is 1.76. The van der Waals surface area contributed by atoms with Gasteiger partial charge in [0, 0.05) is 12.7 Å². The zero-order valence-corrected chi connectivity index (χ0v) is 9.73. The van der Waals surface area contributed by atoms with Crippen LogP contribution in [0.3, 0.4) is 0 Å². The lowest BCUT2D eigenvalue weighted by Gasteiger charge is -2.03. The maximum Gasteiger partial charge on any atom is 0.224 e. The molecule has 88 valence electrons. The minimum Gasteiger partial charge on any atom is -0.356 e. The van der Waals surface area contributed by atoms with E-state index in [4.69, 9.17) is 0 Å². The molecule has 0 bridgehead atoms. The van der Waals surface area contributed by atoms with Gasteiger partial charge in [-0.25, -0.2) is 0 Å². The van der Waals surface area contributed by atoms with Crippen LogP contribution in [-0.2, 0) is 11.2 Å². The second-order valence-corrected chi connectivity index (χ2v) is 3.80. The molecule has 0 radical (unpaired) electrons. The van der Waals surface area contributed by atoms with E-state index in [2.05, 4.69) is 15.5 Å². The molecule has 0 aliphatic carbocycles. The fourth-order valence-corrected chi connectivity index (χ4v) is 1.66. The maximum absolute atomic E-state index is 11.4. The number of amides is 1. The molecule has 4 heteroatoms. The SMILES string of the molecule is CCNC(=O)Cc1ccc(-c2ccn[nH]2)cc1. The number of rotatable bonds is 4. The molecule has 17 heavy (non-hydrogen) atoms. The number of nitrogens with zero attached hydrogens (tertiary/aromatic N) is 1. The molecule has 0 spiro atoms. The summed E-state index contributed by atoms with van der Waals surface area (Å²) in [6, 6.07) is 9.82. The number of aromatic nitrogens is 2. The van der Waals surface area contributed by atoms with Gasteiger partial charge in [-0.2, -0.15) is 5.10 Å². The molecule has 2 rings (SSSR count). The molecule has 0 aliphatic rings. The smallest absolute Gasteiger partial charge is 0.224 e. The first-order valence-corrected chi connectivity index (χ1v) is 5.65. The van der Waals surface area contributed by atoms with Crippen LogP contribution in [0.25, 0.3) is 11.3 Å². The largest absolute Gasteiger partial charge is 0.356 e. The number of benzene rings is 1. The number of carbonyl (C=O) groups excluding carboxylic acids is 1. The third-order valence-electron chi connectivity index (χ3n) is 2.50. The Balaban J connectivity index is 2.06. The van der Waals surface area contributed by atoms with E-state index in [0.717, 1.165) is 16.8 Å². The lowest BCUT2D eigenvalue weighted by Crippen LogP contribution is -2.24. The van der Waals surface area contributed by atoms with Crippen LogP contribution in [0.5, 0.6) is 0 Å². The van der Waals surface area contributed by atoms with Crippen LogP contribution >= 0.6 is 0 Å². The van der Waals surface area contributed by atoms with Gasteiger partial charge in [0.2, 0.25) is 5.91 Å². The highest BCUT2D eigenvalue weighted by Crippen LogP contribution is 2.16. The molecule has 1 aromatic carbocycles. The molecule has 1 amide bonds. The topological polar surface area (TPSA) is 57.8 Å². The van der Waals surface area contributed by atoms with Gasteiger partial charge in [0.25, 0.3) is 0 Å². The van der Waals surface area contributed by atoms with E-state index >= 15 is 0 Å². The molecule has 0 saturated carbocycles. The highest BCUT2D eigenvalue weighted by molar-refractivity contribution is 5.78. The Morgan fingerprint density at radius 2 is 2.06 bits per heavy atom. The fraction of sp³-hybridized carbons (Fsp3) is 0.231. The summed E-state index contributed by atoms with van der Waals surface area (Å²) in [6.45, 7) is 2.59. The van der Waals surface area contributed by atoms with Crippen molar-refractivity contribution < 1.29 is 4.79 Å². The van der Waals surface area contributed by atoms with Gasteiger partial charge in [-0.3, -0.25) is 9.89 Å². The van der Waals surface area contributed by atoms with Crippen molar-refractivity contribution in [2.75, 3.05) is 6.54 Å². The second-order valence-electron chi connectivity index (χ2n) is 3.80. The Bertz CT molecular complexity index is 474. The monoisotopic (exact) mass is 229 g/mol. The van der Waals surface area contributed by atoms with Crippen LogP contribution in [0.2, 0.25) is 0 Å². The Kier molecular flexibility index (Phi) is 3.55. The van der Waals surface area contributed by atoms with E-state index < -0.39 is 0 Å². The summed E-state index contributed by atoms with van der Waals surface area (Å²) >= 11 is 0. The van der Waals surface area contributed by atoms with Crippen LogP contribution in [0.4, 0.5) is 0 Å². The van der Waals surface area contributed by atoms with Gasteiger partial charge < -0.3 is 5.32 Å². The number of likely N-dealkylation sites (N-methyl/N-ethyl adjacent to an activating group) is 1. The van der Waals surface area contributed by atoms with Crippen LogP contribution in [0, 0.1) is 0 Å². The van der Waals surface area contributed by atoms with E-state index in [-0.39, 0.29) is 5.91 Å². The molecular weight excluding hydrogens is 214 g/mol. The molecule has 1 aromatic heterocycles. The number of carbonyl (C=O) groups is 1. The summed E-state index contributed by atoms with van der Waals surface area (Å²) in [5.41, 5.74) is 3.07. The van der Waals surface area contributed by atoms with Gasteiger partial charge in [-0.15, -0.1) is 0 Å². The van der Waals surface area contributed by atoms with Crippen molar-refractivity contribution in [1.29, 1.82) is 0 Å². The Hall–Kier alpha value is -2.10. The van der Waals surface area contributed by atoms with E-state index in [1.54, 1.807) is 6.20 Å². The minimum absolute atomic E-state index is 0.0572. The van der Waals surface area contributed by atoms with Gasteiger partial charge >= 0.3 is 0 Å². The van der Waals surface area contributed by atoms with Gasteiger partial charge in [0.15, 0.2) is 0 Å². The zero-order chi connectivity index (χ0) is 12.1. The van der Waals surface area contributed by atoms with Crippen molar-refractivity contribution in [3.05, 3.63) is 42.1 Å². The van der Waals surface area contributed by atoms with E-state index in [0.29, 0.717) is 13.0 Å². The predicted molar refractivity (Wildman–Crippen MR) is 66.4 cm³/mol. The van der Waals surface area contributed by atoms with E-state index in [1.807, 2.05) is 37.3 Å². The van der Waals surface area contributed by atoms with Crippen molar-refractivity contribution in [3.63, 3.8) is 0 Å². The summed E-state index contributed by atoms with van der Waals surface area (Å²) in [5, 5.41) is 9.59. The summed E-state index contributed by atoms with van der Waals surface area (Å²) in [7, 11) is 0. The molecule has 0 atom stereocenters. The summed E-state index contributed by atoms with van der Waals surface area (Å²) < 4.78 is 0. The standard InChI is InChI=1S/C13H15N3O/c1-2-14-13(17)9-10-3-5-11(6-4-10)12-7-8-15-16-12/h3-8H,2,9H2,1H3,(H,14,17)(H,15,16). The van der Waals surface area contributed by atoms with Crippen LogP contribution < -0.4 is 5.32 Å². The van der Waals surface area contributed by atoms with Crippen molar-refractivity contribution >= 4 is 5.91 Å². The van der Waals surface area contributed by atoms with Gasteiger partial charge in [0.1, 0.15) is 0 Å². The second kappa shape index (κ2) is 5.30. The van der Waals surface area contributed by atoms with Crippen LogP contribution in [0.1, 0.15) is 12.5 Å². The van der Waals surface area contributed by atoms with E-state index in [1.165, 1.54) is 0 Å². The number of hydrogen-bond donors (Lipinski definition) is 2. The Labute approximate surface area is 100 Å². The molecule has 0 unspecified atom stereocenters. The normalized spacial score (nSPS) is 10.2.